The number of hydrogen-bond acceptors (Lipinski definition) is 1. The summed E-state index contributed by atoms with van der Waals surface area (Å²) in [4.78, 5) is 0. The molecule has 1 aromatic carbocycles. The lowest BCUT2D eigenvalue weighted by Gasteiger charge is -1.97. The van der Waals surface area contributed by atoms with E-state index in [1.54, 1.807) is 0 Å². The quantitative estimate of drug-likeness (QED) is 0.732. The molecule has 0 spiro atoms. The molecule has 74 valence electrons. The Hall–Kier alpha value is -1.05. The zero-order valence-electron chi connectivity index (χ0n) is 8.04. The van der Waals surface area contributed by atoms with Gasteiger partial charge in [-0.2, -0.15) is 0 Å². The molecular formula is C12H14ClN. The fraction of sp³-hybridized carbons (Fsp3) is 0.167. The Morgan fingerprint density at radius 2 is 2.07 bits per heavy atom. The van der Waals surface area contributed by atoms with Gasteiger partial charge in [-0.1, -0.05) is 60.7 Å². The van der Waals surface area contributed by atoms with Crippen molar-refractivity contribution in [3.8, 4) is 0 Å². The molecule has 0 aliphatic heterocycles. The van der Waals surface area contributed by atoms with Crippen LogP contribution in [0.3, 0.4) is 0 Å². The maximum atomic E-state index is 5.59. The second-order valence-corrected chi connectivity index (χ2v) is 3.50. The minimum Gasteiger partial charge on any atom is -0.308 e. The molecular weight excluding hydrogens is 194 g/mol. The van der Waals surface area contributed by atoms with Crippen LogP contribution in [-0.2, 0) is 0 Å². The number of hydrogen-bond donors (Lipinski definition) is 1. The van der Waals surface area contributed by atoms with E-state index in [9.17, 15) is 0 Å². The van der Waals surface area contributed by atoms with Crippen molar-refractivity contribution in [1.82, 2.24) is 5.32 Å². The van der Waals surface area contributed by atoms with Gasteiger partial charge in [0, 0.05) is 18.1 Å². The van der Waals surface area contributed by atoms with Crippen LogP contribution in [0.15, 0.2) is 48.0 Å². The third-order valence-electron chi connectivity index (χ3n) is 1.69. The molecule has 0 radical (unpaired) electrons. The maximum Gasteiger partial charge on any atom is 0.0310 e. The first kappa shape index (κ1) is 11.0. The average molecular weight is 208 g/mol. The van der Waals surface area contributed by atoms with Gasteiger partial charge in [0.05, 0.1) is 0 Å². The fourth-order valence-electron chi connectivity index (χ4n) is 1.05. The van der Waals surface area contributed by atoms with Crippen LogP contribution in [0.25, 0.3) is 6.08 Å². The molecule has 0 saturated heterocycles. The van der Waals surface area contributed by atoms with Gasteiger partial charge in [0.2, 0.25) is 0 Å². The highest BCUT2D eigenvalue weighted by Gasteiger charge is 1.85. The van der Waals surface area contributed by atoms with Crippen molar-refractivity contribution in [3.05, 3.63) is 53.6 Å². The molecule has 1 rings (SSSR count). The van der Waals surface area contributed by atoms with Crippen molar-refractivity contribution < 1.29 is 0 Å². The third kappa shape index (κ3) is 4.85. The summed E-state index contributed by atoms with van der Waals surface area (Å²) in [5, 5.41) is 3.77. The van der Waals surface area contributed by atoms with Crippen LogP contribution in [0.5, 0.6) is 0 Å². The monoisotopic (exact) mass is 207 g/mol. The SMILES string of the molecule is C=C(Cl)CNC/C=C/c1ccccc1. The van der Waals surface area contributed by atoms with Crippen LogP contribution in [0.2, 0.25) is 0 Å². The third-order valence-corrected chi connectivity index (χ3v) is 1.82. The average Bonchev–Trinajstić information content (AvgIpc) is 2.18. The van der Waals surface area contributed by atoms with Crippen molar-refractivity contribution >= 4 is 17.7 Å². The number of benzene rings is 1. The van der Waals surface area contributed by atoms with Crippen LogP contribution in [0.1, 0.15) is 5.56 Å². The lowest BCUT2D eigenvalue weighted by Crippen LogP contribution is -2.14. The van der Waals surface area contributed by atoms with Gasteiger partial charge in [-0.3, -0.25) is 0 Å². The van der Waals surface area contributed by atoms with E-state index >= 15 is 0 Å². The summed E-state index contributed by atoms with van der Waals surface area (Å²) in [5.41, 5.74) is 1.21. The van der Waals surface area contributed by atoms with Gasteiger partial charge >= 0.3 is 0 Å². The Balaban J connectivity index is 2.25. The number of halogens is 1. The van der Waals surface area contributed by atoms with Gasteiger partial charge in [0.15, 0.2) is 0 Å². The topological polar surface area (TPSA) is 12.0 Å². The molecule has 2 heteroatoms. The molecule has 0 saturated carbocycles. The molecule has 0 aromatic heterocycles. The summed E-state index contributed by atoms with van der Waals surface area (Å²) in [7, 11) is 0. The van der Waals surface area contributed by atoms with Crippen molar-refractivity contribution in [2.45, 2.75) is 0 Å². The van der Waals surface area contributed by atoms with E-state index in [0.29, 0.717) is 11.6 Å². The van der Waals surface area contributed by atoms with Crippen LogP contribution in [0.4, 0.5) is 0 Å². The molecule has 1 nitrogen and oxygen atoms in total. The summed E-state index contributed by atoms with van der Waals surface area (Å²) in [6, 6.07) is 10.2. The molecule has 0 unspecified atom stereocenters. The van der Waals surface area contributed by atoms with E-state index < -0.39 is 0 Å². The first-order valence-corrected chi connectivity index (χ1v) is 4.92. The molecule has 0 fully saturated rings. The van der Waals surface area contributed by atoms with Crippen LogP contribution < -0.4 is 5.32 Å². The summed E-state index contributed by atoms with van der Waals surface area (Å²) >= 11 is 5.59. The van der Waals surface area contributed by atoms with E-state index in [-0.39, 0.29) is 0 Å². The van der Waals surface area contributed by atoms with Gasteiger partial charge in [-0.05, 0) is 5.56 Å². The Morgan fingerprint density at radius 3 is 2.71 bits per heavy atom. The van der Waals surface area contributed by atoms with Crippen molar-refractivity contribution in [2.75, 3.05) is 13.1 Å². The van der Waals surface area contributed by atoms with Crippen molar-refractivity contribution in [3.63, 3.8) is 0 Å². The minimum absolute atomic E-state index is 0.637. The summed E-state index contributed by atoms with van der Waals surface area (Å²) < 4.78 is 0. The smallest absolute Gasteiger partial charge is 0.0310 e. The van der Waals surface area contributed by atoms with Gasteiger partial charge < -0.3 is 5.32 Å². The lowest BCUT2D eigenvalue weighted by atomic mass is 10.2. The summed E-state index contributed by atoms with van der Waals surface area (Å²) in [6.07, 6.45) is 4.14. The van der Waals surface area contributed by atoms with E-state index in [0.717, 1.165) is 6.54 Å². The summed E-state index contributed by atoms with van der Waals surface area (Å²) in [5.74, 6) is 0. The molecule has 14 heavy (non-hydrogen) atoms. The van der Waals surface area contributed by atoms with Gasteiger partial charge in [0.25, 0.3) is 0 Å². The predicted octanol–water partition coefficient (Wildman–Crippen LogP) is 3.04. The molecule has 0 aliphatic carbocycles. The van der Waals surface area contributed by atoms with E-state index in [1.165, 1.54) is 5.56 Å². The molecule has 1 aromatic rings. The standard InChI is InChI=1S/C12H14ClN/c1-11(13)10-14-9-5-8-12-6-3-2-4-7-12/h2-8,14H,1,9-10H2/b8-5+. The highest BCUT2D eigenvalue weighted by Crippen LogP contribution is 2.00. The second-order valence-electron chi connectivity index (χ2n) is 2.96. The van der Waals surface area contributed by atoms with Gasteiger partial charge in [0.1, 0.15) is 0 Å². The highest BCUT2D eigenvalue weighted by atomic mass is 35.5. The molecule has 0 heterocycles. The zero-order valence-corrected chi connectivity index (χ0v) is 8.80. The second kappa shape index (κ2) is 6.41. The van der Waals surface area contributed by atoms with Crippen LogP contribution in [-0.4, -0.2) is 13.1 Å². The van der Waals surface area contributed by atoms with Crippen molar-refractivity contribution in [2.24, 2.45) is 0 Å². The fourth-order valence-corrected chi connectivity index (χ4v) is 1.14. The van der Waals surface area contributed by atoms with E-state index in [1.807, 2.05) is 18.2 Å². The van der Waals surface area contributed by atoms with Crippen molar-refractivity contribution in [1.29, 1.82) is 0 Å². The highest BCUT2D eigenvalue weighted by molar-refractivity contribution is 6.29. The largest absolute Gasteiger partial charge is 0.308 e. The first-order valence-electron chi connectivity index (χ1n) is 4.54. The normalized spacial score (nSPS) is 10.6. The molecule has 0 amide bonds. The molecule has 0 bridgehead atoms. The molecule has 0 atom stereocenters. The van der Waals surface area contributed by atoms with Crippen LogP contribution >= 0.6 is 11.6 Å². The number of nitrogens with one attached hydrogen (secondary N) is 1. The summed E-state index contributed by atoms with van der Waals surface area (Å²) in [6.45, 7) is 5.05. The van der Waals surface area contributed by atoms with Gasteiger partial charge in [-0.25, -0.2) is 0 Å². The minimum atomic E-state index is 0.637. The van der Waals surface area contributed by atoms with E-state index in [4.69, 9.17) is 11.6 Å². The Bertz CT molecular complexity index is 303. The lowest BCUT2D eigenvalue weighted by molar-refractivity contribution is 0.838. The Morgan fingerprint density at radius 1 is 1.36 bits per heavy atom. The first-order chi connectivity index (χ1) is 6.79. The molecule has 0 aliphatic rings. The number of rotatable bonds is 5. The van der Waals surface area contributed by atoms with E-state index in [2.05, 4.69) is 36.2 Å². The Kier molecular flexibility index (Phi) is 5.05. The maximum absolute atomic E-state index is 5.59. The molecule has 1 N–H and O–H groups in total. The van der Waals surface area contributed by atoms with Gasteiger partial charge in [-0.15, -0.1) is 0 Å². The predicted molar refractivity (Wildman–Crippen MR) is 63.3 cm³/mol. The Labute approximate surface area is 90.1 Å². The zero-order chi connectivity index (χ0) is 10.2. The van der Waals surface area contributed by atoms with Crippen LogP contribution in [0, 0.1) is 0 Å².